The molecule has 0 heterocycles. The summed E-state index contributed by atoms with van der Waals surface area (Å²) in [5, 5.41) is 0. The van der Waals surface area contributed by atoms with Gasteiger partial charge in [0.05, 0.1) is 0 Å². The van der Waals surface area contributed by atoms with Crippen LogP contribution >= 0.6 is 0 Å². The summed E-state index contributed by atoms with van der Waals surface area (Å²) in [7, 11) is 0. The molecular formula is C18H26O. The number of hydrogen-bond acceptors (Lipinski definition) is 1. The number of rotatable bonds is 5. The van der Waals surface area contributed by atoms with E-state index in [9.17, 15) is 4.79 Å². The first-order chi connectivity index (χ1) is 9.36. The zero-order valence-corrected chi connectivity index (χ0v) is 11.9. The number of benzene rings is 1. The van der Waals surface area contributed by atoms with E-state index in [0.717, 1.165) is 32.1 Å². The summed E-state index contributed by atoms with van der Waals surface area (Å²) in [4.78, 5) is 12.3. The lowest BCUT2D eigenvalue weighted by molar-refractivity contribution is -0.123. The maximum Gasteiger partial charge on any atom is 0.135 e. The Morgan fingerprint density at radius 2 is 1.58 bits per heavy atom. The molecule has 1 aromatic rings. The van der Waals surface area contributed by atoms with Crippen LogP contribution in [0.2, 0.25) is 0 Å². The monoisotopic (exact) mass is 258 g/mol. The molecule has 1 aromatic carbocycles. The standard InChI is InChI=1S/C18H26O/c19-18(17-13-7-2-1-3-8-14-17)15-9-12-16-10-5-4-6-11-16/h4-6,10-11,17H,1-3,7-9,12-15H2. The summed E-state index contributed by atoms with van der Waals surface area (Å²) in [5.74, 6) is 0.897. The van der Waals surface area contributed by atoms with E-state index in [2.05, 4.69) is 24.3 Å². The van der Waals surface area contributed by atoms with Gasteiger partial charge in [-0.3, -0.25) is 4.79 Å². The summed E-state index contributed by atoms with van der Waals surface area (Å²) < 4.78 is 0. The molecule has 0 N–H and O–H groups in total. The fourth-order valence-corrected chi connectivity index (χ4v) is 3.09. The highest BCUT2D eigenvalue weighted by Gasteiger charge is 2.18. The SMILES string of the molecule is O=C(CCCc1ccccc1)C1CCCCCCC1. The first kappa shape index (κ1) is 14.3. The van der Waals surface area contributed by atoms with E-state index >= 15 is 0 Å². The van der Waals surface area contributed by atoms with E-state index in [1.807, 2.05) is 6.07 Å². The Kier molecular flexibility index (Phi) is 6.13. The average Bonchev–Trinajstić information content (AvgIpc) is 2.39. The molecule has 0 saturated heterocycles. The Balaban J connectivity index is 1.71. The van der Waals surface area contributed by atoms with Crippen molar-refractivity contribution in [1.29, 1.82) is 0 Å². The molecule has 1 saturated carbocycles. The summed E-state index contributed by atoms with van der Waals surface area (Å²) in [6.07, 6.45) is 11.7. The molecule has 2 rings (SSSR count). The Hall–Kier alpha value is -1.11. The molecule has 0 atom stereocenters. The Morgan fingerprint density at radius 3 is 2.26 bits per heavy atom. The Bertz CT molecular complexity index is 361. The van der Waals surface area contributed by atoms with Crippen LogP contribution in [0.1, 0.15) is 63.4 Å². The fourth-order valence-electron chi connectivity index (χ4n) is 3.09. The predicted molar refractivity (Wildman–Crippen MR) is 80.2 cm³/mol. The first-order valence-corrected chi connectivity index (χ1v) is 7.93. The number of carbonyl (C=O) groups excluding carboxylic acids is 1. The molecule has 0 amide bonds. The molecule has 104 valence electrons. The lowest BCUT2D eigenvalue weighted by Gasteiger charge is -2.18. The molecule has 0 unspecified atom stereocenters. The Morgan fingerprint density at radius 1 is 0.947 bits per heavy atom. The molecule has 0 radical (unpaired) electrons. The molecule has 1 aliphatic carbocycles. The van der Waals surface area contributed by atoms with Gasteiger partial charge in [0.25, 0.3) is 0 Å². The minimum Gasteiger partial charge on any atom is -0.299 e. The van der Waals surface area contributed by atoms with Crippen LogP contribution in [0.25, 0.3) is 0 Å². The van der Waals surface area contributed by atoms with Gasteiger partial charge in [-0.1, -0.05) is 62.4 Å². The molecule has 0 aliphatic heterocycles. The van der Waals surface area contributed by atoms with Crippen molar-refractivity contribution in [3.05, 3.63) is 35.9 Å². The number of Topliss-reactive ketones (excluding diaryl/α,β-unsaturated/α-hetero) is 1. The second-order valence-electron chi connectivity index (χ2n) is 5.85. The lowest BCUT2D eigenvalue weighted by Crippen LogP contribution is -2.16. The van der Waals surface area contributed by atoms with Gasteiger partial charge in [-0.05, 0) is 31.2 Å². The van der Waals surface area contributed by atoms with Crippen LogP contribution in [0.3, 0.4) is 0 Å². The van der Waals surface area contributed by atoms with Crippen molar-refractivity contribution in [2.45, 2.75) is 64.2 Å². The minimum atomic E-state index is 0.371. The fraction of sp³-hybridized carbons (Fsp3) is 0.611. The van der Waals surface area contributed by atoms with Crippen LogP contribution in [0.4, 0.5) is 0 Å². The van der Waals surface area contributed by atoms with Crippen LogP contribution in [0, 0.1) is 5.92 Å². The van der Waals surface area contributed by atoms with E-state index in [1.165, 1.54) is 37.7 Å². The summed E-state index contributed by atoms with van der Waals surface area (Å²) >= 11 is 0. The third-order valence-electron chi connectivity index (χ3n) is 4.29. The summed E-state index contributed by atoms with van der Waals surface area (Å²) in [5.41, 5.74) is 1.35. The second kappa shape index (κ2) is 8.14. The zero-order valence-electron chi connectivity index (χ0n) is 11.9. The van der Waals surface area contributed by atoms with Gasteiger partial charge in [0.15, 0.2) is 0 Å². The van der Waals surface area contributed by atoms with Crippen molar-refractivity contribution in [3.63, 3.8) is 0 Å². The average molecular weight is 258 g/mol. The highest BCUT2D eigenvalue weighted by Crippen LogP contribution is 2.24. The molecule has 1 heteroatoms. The second-order valence-corrected chi connectivity index (χ2v) is 5.85. The zero-order chi connectivity index (χ0) is 13.3. The van der Waals surface area contributed by atoms with Gasteiger partial charge in [-0.2, -0.15) is 0 Å². The van der Waals surface area contributed by atoms with Gasteiger partial charge < -0.3 is 0 Å². The number of aryl methyl sites for hydroxylation is 1. The van der Waals surface area contributed by atoms with Crippen molar-refractivity contribution in [2.75, 3.05) is 0 Å². The van der Waals surface area contributed by atoms with Gasteiger partial charge in [0.2, 0.25) is 0 Å². The van der Waals surface area contributed by atoms with E-state index in [1.54, 1.807) is 0 Å². The van der Waals surface area contributed by atoms with Crippen molar-refractivity contribution < 1.29 is 4.79 Å². The van der Waals surface area contributed by atoms with Gasteiger partial charge in [-0.25, -0.2) is 0 Å². The Labute approximate surface area is 117 Å². The van der Waals surface area contributed by atoms with E-state index in [0.29, 0.717) is 11.7 Å². The lowest BCUT2D eigenvalue weighted by atomic mass is 9.86. The molecule has 0 bridgehead atoms. The van der Waals surface area contributed by atoms with Crippen molar-refractivity contribution >= 4 is 5.78 Å². The van der Waals surface area contributed by atoms with Crippen LogP contribution in [-0.4, -0.2) is 5.78 Å². The molecule has 1 aliphatic rings. The van der Waals surface area contributed by atoms with Crippen molar-refractivity contribution in [2.24, 2.45) is 5.92 Å². The molecule has 0 aromatic heterocycles. The number of carbonyl (C=O) groups is 1. The topological polar surface area (TPSA) is 17.1 Å². The highest BCUT2D eigenvalue weighted by atomic mass is 16.1. The molecule has 19 heavy (non-hydrogen) atoms. The summed E-state index contributed by atoms with van der Waals surface area (Å²) in [6.45, 7) is 0. The first-order valence-electron chi connectivity index (χ1n) is 7.93. The van der Waals surface area contributed by atoms with Crippen LogP contribution < -0.4 is 0 Å². The number of ketones is 1. The van der Waals surface area contributed by atoms with Gasteiger partial charge in [0, 0.05) is 12.3 Å². The van der Waals surface area contributed by atoms with E-state index in [-0.39, 0.29) is 0 Å². The maximum absolute atomic E-state index is 12.3. The highest BCUT2D eigenvalue weighted by molar-refractivity contribution is 5.80. The van der Waals surface area contributed by atoms with Gasteiger partial charge in [0.1, 0.15) is 5.78 Å². The van der Waals surface area contributed by atoms with Crippen molar-refractivity contribution in [3.8, 4) is 0 Å². The largest absolute Gasteiger partial charge is 0.299 e. The minimum absolute atomic E-state index is 0.371. The van der Waals surface area contributed by atoms with Crippen LogP contribution in [0.15, 0.2) is 30.3 Å². The molecule has 1 nitrogen and oxygen atoms in total. The molecule has 0 spiro atoms. The van der Waals surface area contributed by atoms with Crippen LogP contribution in [0.5, 0.6) is 0 Å². The van der Waals surface area contributed by atoms with Crippen LogP contribution in [-0.2, 0) is 11.2 Å². The molecular weight excluding hydrogens is 232 g/mol. The summed E-state index contributed by atoms with van der Waals surface area (Å²) in [6, 6.07) is 10.5. The predicted octanol–water partition coefficient (Wildman–Crippen LogP) is 4.94. The maximum atomic E-state index is 12.3. The quantitative estimate of drug-likeness (QED) is 0.731. The third-order valence-corrected chi connectivity index (χ3v) is 4.29. The molecule has 1 fully saturated rings. The van der Waals surface area contributed by atoms with Gasteiger partial charge >= 0.3 is 0 Å². The smallest absolute Gasteiger partial charge is 0.135 e. The van der Waals surface area contributed by atoms with Gasteiger partial charge in [-0.15, -0.1) is 0 Å². The third kappa shape index (κ3) is 5.18. The normalized spacial score (nSPS) is 17.7. The number of hydrogen-bond donors (Lipinski definition) is 0. The van der Waals surface area contributed by atoms with E-state index < -0.39 is 0 Å². The van der Waals surface area contributed by atoms with Crippen molar-refractivity contribution in [1.82, 2.24) is 0 Å². The van der Waals surface area contributed by atoms with E-state index in [4.69, 9.17) is 0 Å².